The van der Waals surface area contributed by atoms with Crippen molar-refractivity contribution in [2.45, 2.75) is 20.3 Å². The van der Waals surface area contributed by atoms with Gasteiger partial charge in [0.2, 0.25) is 5.89 Å². The maximum atomic E-state index is 6.02. The van der Waals surface area contributed by atoms with E-state index in [-0.39, 0.29) is 0 Å². The predicted octanol–water partition coefficient (Wildman–Crippen LogP) is 8.82. The number of benzene rings is 5. The van der Waals surface area contributed by atoms with Gasteiger partial charge in [0.25, 0.3) is 0 Å². The van der Waals surface area contributed by atoms with Crippen molar-refractivity contribution in [3.05, 3.63) is 137 Å². The quantitative estimate of drug-likeness (QED) is 0.212. The lowest BCUT2D eigenvalue weighted by atomic mass is 10.0. The van der Waals surface area contributed by atoms with Gasteiger partial charge in [0.05, 0.1) is 5.52 Å². The fourth-order valence-corrected chi connectivity index (χ4v) is 6.28. The number of hydrogen-bond donors (Lipinski definition) is 0. The van der Waals surface area contributed by atoms with E-state index < -0.39 is 0 Å². The molecule has 7 aromatic rings. The number of aryl methyl sites for hydroxylation is 1. The van der Waals surface area contributed by atoms with E-state index in [0.717, 1.165) is 45.8 Å². The molecule has 2 heterocycles. The van der Waals surface area contributed by atoms with Crippen LogP contribution in [0.2, 0.25) is 0 Å². The lowest BCUT2D eigenvalue weighted by molar-refractivity contribution is 0.620. The number of rotatable bonds is 5. The van der Waals surface area contributed by atoms with Crippen molar-refractivity contribution < 1.29 is 4.42 Å². The Balaban J connectivity index is 1.20. The maximum absolute atomic E-state index is 6.02. The number of hydrogen-bond acceptors (Lipinski definition) is 3. The summed E-state index contributed by atoms with van der Waals surface area (Å²) in [6, 6.07) is 42.5. The van der Waals surface area contributed by atoms with Crippen molar-refractivity contribution in [1.82, 2.24) is 9.55 Å². The molecule has 0 amide bonds. The first-order valence-electron chi connectivity index (χ1n) is 14.9. The van der Waals surface area contributed by atoms with E-state index in [1.54, 1.807) is 0 Å². The molecule has 208 valence electrons. The van der Waals surface area contributed by atoms with Crippen molar-refractivity contribution >= 4 is 51.2 Å². The molecule has 4 nitrogen and oxygen atoms in total. The SMILES string of the molecule is Cc1ccc2c(c1)c1c(n2-c2ccc(N(c3ccccc3)c3ccc(-c4nc5ccccc5o4)cc3)cc2)=CCC(C)C=1. The Hall–Kier alpha value is -5.35. The highest BCUT2D eigenvalue weighted by molar-refractivity contribution is 5.86. The molecule has 0 spiro atoms. The number of aromatic nitrogens is 2. The second-order valence-corrected chi connectivity index (χ2v) is 11.5. The minimum Gasteiger partial charge on any atom is -0.436 e. The van der Waals surface area contributed by atoms with Crippen LogP contribution in [-0.2, 0) is 0 Å². The second kappa shape index (κ2) is 10.2. The molecule has 0 radical (unpaired) electrons. The zero-order valence-corrected chi connectivity index (χ0v) is 24.2. The molecule has 0 bridgehead atoms. The fraction of sp³-hybridized carbons (Fsp3) is 0.103. The van der Waals surface area contributed by atoms with Crippen LogP contribution >= 0.6 is 0 Å². The van der Waals surface area contributed by atoms with Crippen molar-refractivity contribution in [3.63, 3.8) is 0 Å². The molecule has 1 atom stereocenters. The van der Waals surface area contributed by atoms with E-state index in [1.165, 1.54) is 27.0 Å². The van der Waals surface area contributed by atoms with Crippen LogP contribution in [0.15, 0.2) is 126 Å². The lowest BCUT2D eigenvalue weighted by Gasteiger charge is -2.26. The van der Waals surface area contributed by atoms with Gasteiger partial charge in [-0.2, -0.15) is 0 Å². The highest BCUT2D eigenvalue weighted by Crippen LogP contribution is 2.36. The molecular weight excluding hydrogens is 526 g/mol. The van der Waals surface area contributed by atoms with E-state index in [0.29, 0.717) is 11.8 Å². The first-order chi connectivity index (χ1) is 21.1. The molecule has 0 saturated heterocycles. The smallest absolute Gasteiger partial charge is 0.227 e. The summed E-state index contributed by atoms with van der Waals surface area (Å²) in [4.78, 5) is 6.97. The first-order valence-corrected chi connectivity index (χ1v) is 14.9. The van der Waals surface area contributed by atoms with Crippen LogP contribution in [-0.4, -0.2) is 9.55 Å². The highest BCUT2D eigenvalue weighted by Gasteiger charge is 2.17. The Morgan fingerprint density at radius 1 is 0.767 bits per heavy atom. The Morgan fingerprint density at radius 2 is 1.47 bits per heavy atom. The largest absolute Gasteiger partial charge is 0.436 e. The van der Waals surface area contributed by atoms with Crippen molar-refractivity contribution in [3.8, 4) is 17.1 Å². The van der Waals surface area contributed by atoms with Crippen LogP contribution in [0.5, 0.6) is 0 Å². The van der Waals surface area contributed by atoms with Crippen molar-refractivity contribution in [2.75, 3.05) is 4.90 Å². The molecule has 5 aromatic carbocycles. The van der Waals surface area contributed by atoms with Gasteiger partial charge >= 0.3 is 0 Å². The molecule has 2 aromatic heterocycles. The molecule has 8 rings (SSSR count). The highest BCUT2D eigenvalue weighted by atomic mass is 16.3. The third-order valence-electron chi connectivity index (χ3n) is 8.38. The first kappa shape index (κ1) is 25.4. The van der Waals surface area contributed by atoms with Crippen LogP contribution in [0.1, 0.15) is 18.9 Å². The summed E-state index contributed by atoms with van der Waals surface area (Å²) >= 11 is 0. The Bertz CT molecular complexity index is 2190. The summed E-state index contributed by atoms with van der Waals surface area (Å²) in [6.07, 6.45) is 5.89. The molecule has 0 fully saturated rings. The molecule has 0 saturated carbocycles. The summed E-state index contributed by atoms with van der Waals surface area (Å²) < 4.78 is 8.44. The number of nitrogens with zero attached hydrogens (tertiary/aromatic N) is 3. The van der Waals surface area contributed by atoms with E-state index in [9.17, 15) is 0 Å². The molecule has 43 heavy (non-hydrogen) atoms. The van der Waals surface area contributed by atoms with Gasteiger partial charge in [-0.05, 0) is 104 Å². The fourth-order valence-electron chi connectivity index (χ4n) is 6.28. The summed E-state index contributed by atoms with van der Waals surface area (Å²) in [5.41, 5.74) is 9.57. The predicted molar refractivity (Wildman–Crippen MR) is 178 cm³/mol. The van der Waals surface area contributed by atoms with Crippen molar-refractivity contribution in [1.29, 1.82) is 0 Å². The average Bonchev–Trinajstić information content (AvgIpc) is 3.62. The summed E-state index contributed by atoms with van der Waals surface area (Å²) in [6.45, 7) is 4.47. The van der Waals surface area contributed by atoms with Gasteiger partial charge in [-0.3, -0.25) is 0 Å². The zero-order chi connectivity index (χ0) is 28.9. The lowest BCUT2D eigenvalue weighted by Crippen LogP contribution is -2.31. The molecular formula is C39H31N3O. The second-order valence-electron chi connectivity index (χ2n) is 11.5. The topological polar surface area (TPSA) is 34.2 Å². The summed E-state index contributed by atoms with van der Waals surface area (Å²) in [5.74, 6) is 1.17. The maximum Gasteiger partial charge on any atom is 0.227 e. The molecule has 1 aliphatic rings. The molecule has 0 N–H and O–H groups in total. The average molecular weight is 558 g/mol. The normalized spacial score (nSPS) is 14.3. The number of oxazole rings is 1. The van der Waals surface area contributed by atoms with Crippen molar-refractivity contribution in [2.24, 2.45) is 5.92 Å². The van der Waals surface area contributed by atoms with E-state index in [1.807, 2.05) is 24.3 Å². The molecule has 1 unspecified atom stereocenters. The minimum absolute atomic E-state index is 0.544. The van der Waals surface area contributed by atoms with Gasteiger partial charge < -0.3 is 13.9 Å². The Kier molecular flexibility index (Phi) is 6.00. The Morgan fingerprint density at radius 3 is 2.23 bits per heavy atom. The molecule has 4 heteroatoms. The third-order valence-corrected chi connectivity index (χ3v) is 8.38. The van der Waals surface area contributed by atoms with Crippen LogP contribution in [0.25, 0.3) is 51.3 Å². The number of anilines is 3. The number of para-hydroxylation sites is 3. The van der Waals surface area contributed by atoms with E-state index >= 15 is 0 Å². The van der Waals surface area contributed by atoms with Gasteiger partial charge in [0, 0.05) is 44.3 Å². The van der Waals surface area contributed by atoms with Crippen LogP contribution in [0.4, 0.5) is 17.1 Å². The third kappa shape index (κ3) is 4.43. The molecule has 0 aliphatic heterocycles. The van der Waals surface area contributed by atoms with Gasteiger partial charge in [-0.15, -0.1) is 0 Å². The van der Waals surface area contributed by atoms with E-state index in [2.05, 4.69) is 138 Å². The summed E-state index contributed by atoms with van der Waals surface area (Å²) in [5, 5.41) is 3.97. The Labute approximate surface area is 250 Å². The molecule has 1 aliphatic carbocycles. The monoisotopic (exact) mass is 557 g/mol. The van der Waals surface area contributed by atoms with Gasteiger partial charge in [0.1, 0.15) is 5.52 Å². The summed E-state index contributed by atoms with van der Waals surface area (Å²) in [7, 11) is 0. The number of fused-ring (bicyclic) bond motifs is 4. The van der Waals surface area contributed by atoms with E-state index in [4.69, 9.17) is 4.42 Å². The van der Waals surface area contributed by atoms with Gasteiger partial charge in [-0.1, -0.05) is 61.0 Å². The standard InChI is InChI=1S/C39H31N3O/c1-26-12-22-36-33(24-26)34-25-27(2)13-23-37(34)42(36)32-20-18-31(19-21-32)41(29-8-4-3-5-9-29)30-16-14-28(15-17-30)39-40-35-10-6-7-11-38(35)43-39/h3-12,14-25,27H,13H2,1-2H3. The minimum atomic E-state index is 0.544. The zero-order valence-electron chi connectivity index (χ0n) is 24.2. The van der Waals surface area contributed by atoms with Gasteiger partial charge in [0.15, 0.2) is 5.58 Å². The van der Waals surface area contributed by atoms with Crippen LogP contribution in [0, 0.1) is 12.8 Å². The van der Waals surface area contributed by atoms with Gasteiger partial charge in [-0.25, -0.2) is 4.98 Å². The van der Waals surface area contributed by atoms with Crippen LogP contribution < -0.4 is 15.5 Å². The van der Waals surface area contributed by atoms with Crippen LogP contribution in [0.3, 0.4) is 0 Å².